The molecule has 0 fully saturated rings. The predicted molar refractivity (Wildman–Crippen MR) is 45.9 cm³/mol. The van der Waals surface area contributed by atoms with Gasteiger partial charge in [0, 0.05) is 10.2 Å². The Labute approximate surface area is 67.6 Å². The smallest absolute Gasteiger partial charge is 0.0324 e. The molecule has 8 heavy (non-hydrogen) atoms. The molecule has 0 radical (unpaired) electrons. The lowest BCUT2D eigenvalue weighted by atomic mass is 10.2. The zero-order valence-electron chi connectivity index (χ0n) is 5.12. The molecule has 0 saturated heterocycles. The van der Waals surface area contributed by atoms with Gasteiger partial charge in [-0.25, -0.2) is 0 Å². The quantitative estimate of drug-likeness (QED) is 0.515. The molecule has 0 aromatic heterocycles. The van der Waals surface area contributed by atoms with Gasteiger partial charge in [-0.3, -0.25) is 0 Å². The van der Waals surface area contributed by atoms with Crippen LogP contribution in [0.25, 0.3) is 0 Å². The second kappa shape index (κ2) is 4.57. The molecule has 1 unspecified atom stereocenters. The zero-order valence-corrected chi connectivity index (χ0v) is 8.29. The van der Waals surface area contributed by atoms with Crippen molar-refractivity contribution in [3.63, 3.8) is 0 Å². The van der Waals surface area contributed by atoms with Crippen molar-refractivity contribution in [2.24, 2.45) is 0 Å². The highest BCUT2D eigenvalue weighted by molar-refractivity contribution is 9.09. The topological polar surface area (TPSA) is 0 Å². The summed E-state index contributed by atoms with van der Waals surface area (Å²) in [7, 11) is 0. The first-order valence-corrected chi connectivity index (χ1v) is 4.59. The number of hydrogen-bond donors (Lipinski definition) is 0. The van der Waals surface area contributed by atoms with E-state index >= 15 is 0 Å². The molecule has 0 heterocycles. The van der Waals surface area contributed by atoms with Crippen LogP contribution >= 0.6 is 31.9 Å². The van der Waals surface area contributed by atoms with Gasteiger partial charge in [0.1, 0.15) is 0 Å². The van der Waals surface area contributed by atoms with Gasteiger partial charge >= 0.3 is 0 Å². The number of hydrogen-bond acceptors (Lipinski definition) is 0. The Morgan fingerprint density at radius 3 is 2.38 bits per heavy atom. The first-order chi connectivity index (χ1) is 3.68. The molecule has 0 saturated carbocycles. The van der Waals surface area contributed by atoms with Crippen molar-refractivity contribution in [2.45, 2.75) is 18.7 Å². The standard InChI is InChI=1S/C6H10Br2/c1-5(3-4-7)6(2)8/h3,6H,4H2,1-2H3/b5-3+. The summed E-state index contributed by atoms with van der Waals surface area (Å²) in [6.45, 7) is 4.23. The fraction of sp³-hybridized carbons (Fsp3) is 0.667. The summed E-state index contributed by atoms with van der Waals surface area (Å²) >= 11 is 6.77. The molecule has 0 aliphatic carbocycles. The third-order valence-corrected chi connectivity index (χ3v) is 2.07. The van der Waals surface area contributed by atoms with E-state index in [4.69, 9.17) is 0 Å². The Bertz CT molecular complexity index is 84.5. The first kappa shape index (κ1) is 8.70. The minimum atomic E-state index is 0.514. The highest BCUT2D eigenvalue weighted by atomic mass is 79.9. The van der Waals surface area contributed by atoms with Gasteiger partial charge in [-0.1, -0.05) is 43.5 Å². The maximum Gasteiger partial charge on any atom is 0.0324 e. The molecule has 0 amide bonds. The minimum absolute atomic E-state index is 0.514. The lowest BCUT2D eigenvalue weighted by molar-refractivity contribution is 1.14. The zero-order chi connectivity index (χ0) is 6.57. The largest absolute Gasteiger partial charge is 0.0883 e. The molecule has 48 valence electrons. The number of halogens is 2. The van der Waals surface area contributed by atoms with E-state index in [1.807, 2.05) is 0 Å². The predicted octanol–water partition coefficient (Wildman–Crippen LogP) is 3.11. The molecule has 0 rings (SSSR count). The minimum Gasteiger partial charge on any atom is -0.0883 e. The molecule has 0 aromatic carbocycles. The first-order valence-electron chi connectivity index (χ1n) is 2.55. The van der Waals surface area contributed by atoms with Crippen LogP contribution in [0.3, 0.4) is 0 Å². The van der Waals surface area contributed by atoms with Crippen LogP contribution in [-0.4, -0.2) is 10.2 Å². The lowest BCUT2D eigenvalue weighted by Crippen LogP contribution is -1.90. The van der Waals surface area contributed by atoms with E-state index in [-0.39, 0.29) is 0 Å². The van der Waals surface area contributed by atoms with Gasteiger partial charge in [0.2, 0.25) is 0 Å². The fourth-order valence-electron chi connectivity index (χ4n) is 0.284. The maximum atomic E-state index is 3.45. The second-order valence-corrected chi connectivity index (χ2v) is 3.74. The molecule has 0 spiro atoms. The van der Waals surface area contributed by atoms with Gasteiger partial charge in [0.25, 0.3) is 0 Å². The van der Waals surface area contributed by atoms with Crippen molar-refractivity contribution in [2.75, 3.05) is 5.33 Å². The van der Waals surface area contributed by atoms with Gasteiger partial charge in [-0.05, 0) is 13.8 Å². The number of alkyl halides is 2. The molecule has 0 N–H and O–H groups in total. The van der Waals surface area contributed by atoms with Crippen LogP contribution in [0.4, 0.5) is 0 Å². The third-order valence-electron chi connectivity index (χ3n) is 1.03. The van der Waals surface area contributed by atoms with Crippen molar-refractivity contribution in [3.8, 4) is 0 Å². The lowest BCUT2D eigenvalue weighted by Gasteiger charge is -1.99. The molecule has 0 bridgehead atoms. The van der Waals surface area contributed by atoms with E-state index in [2.05, 4.69) is 51.8 Å². The highest BCUT2D eigenvalue weighted by Crippen LogP contribution is 2.09. The summed E-state index contributed by atoms with van der Waals surface area (Å²) in [6, 6.07) is 0. The molecule has 1 atom stereocenters. The molecular weight excluding hydrogens is 232 g/mol. The Hall–Kier alpha value is 0.700. The van der Waals surface area contributed by atoms with E-state index in [0.717, 1.165) is 5.33 Å². The van der Waals surface area contributed by atoms with Crippen LogP contribution in [0.15, 0.2) is 11.6 Å². The van der Waals surface area contributed by atoms with Crippen molar-refractivity contribution in [1.29, 1.82) is 0 Å². The summed E-state index contributed by atoms with van der Waals surface area (Å²) < 4.78 is 0. The Balaban J connectivity index is 3.61. The molecule has 0 nitrogen and oxygen atoms in total. The van der Waals surface area contributed by atoms with Crippen molar-refractivity contribution in [1.82, 2.24) is 0 Å². The number of allylic oxidation sites excluding steroid dienone is 2. The highest BCUT2D eigenvalue weighted by Gasteiger charge is 1.94. The van der Waals surface area contributed by atoms with E-state index in [9.17, 15) is 0 Å². The number of rotatable bonds is 2. The summed E-state index contributed by atoms with van der Waals surface area (Å²) in [6.07, 6.45) is 2.15. The molecule has 0 aliphatic rings. The monoisotopic (exact) mass is 240 g/mol. The van der Waals surface area contributed by atoms with Gasteiger partial charge in [-0.15, -0.1) is 0 Å². The van der Waals surface area contributed by atoms with Gasteiger partial charge in [-0.2, -0.15) is 0 Å². The van der Waals surface area contributed by atoms with Gasteiger partial charge < -0.3 is 0 Å². The molecule has 0 aromatic rings. The SMILES string of the molecule is C/C(=C\CBr)C(C)Br. The van der Waals surface area contributed by atoms with Gasteiger partial charge in [0.05, 0.1) is 0 Å². The van der Waals surface area contributed by atoms with Crippen molar-refractivity contribution >= 4 is 31.9 Å². The Morgan fingerprint density at radius 2 is 2.25 bits per heavy atom. The summed E-state index contributed by atoms with van der Waals surface area (Å²) in [5.41, 5.74) is 1.38. The van der Waals surface area contributed by atoms with Gasteiger partial charge in [0.15, 0.2) is 0 Å². The van der Waals surface area contributed by atoms with Crippen LogP contribution < -0.4 is 0 Å². The van der Waals surface area contributed by atoms with E-state index in [1.165, 1.54) is 5.57 Å². The van der Waals surface area contributed by atoms with Crippen LogP contribution in [0.1, 0.15) is 13.8 Å². The summed E-state index contributed by atoms with van der Waals surface area (Å²) in [5.74, 6) is 0. The van der Waals surface area contributed by atoms with E-state index in [1.54, 1.807) is 0 Å². The third kappa shape index (κ3) is 3.67. The van der Waals surface area contributed by atoms with Crippen molar-refractivity contribution < 1.29 is 0 Å². The summed E-state index contributed by atoms with van der Waals surface area (Å²) in [4.78, 5) is 0.514. The maximum absolute atomic E-state index is 3.45. The fourth-order valence-corrected chi connectivity index (χ4v) is 0.982. The summed E-state index contributed by atoms with van der Waals surface area (Å²) in [5, 5.41) is 0.953. The van der Waals surface area contributed by atoms with Crippen LogP contribution in [0.5, 0.6) is 0 Å². The van der Waals surface area contributed by atoms with Crippen LogP contribution in [-0.2, 0) is 0 Å². The van der Waals surface area contributed by atoms with E-state index in [0.29, 0.717) is 4.83 Å². The average molecular weight is 242 g/mol. The van der Waals surface area contributed by atoms with E-state index < -0.39 is 0 Å². The molecule has 0 aliphatic heterocycles. The second-order valence-electron chi connectivity index (χ2n) is 1.72. The Kier molecular flexibility index (Phi) is 4.97. The average Bonchev–Trinajstić information content (AvgIpc) is 1.67. The normalized spacial score (nSPS) is 16.2. The van der Waals surface area contributed by atoms with Crippen LogP contribution in [0, 0.1) is 0 Å². The Morgan fingerprint density at radius 1 is 1.75 bits per heavy atom. The molecular formula is C6H10Br2. The van der Waals surface area contributed by atoms with Crippen LogP contribution in [0.2, 0.25) is 0 Å². The van der Waals surface area contributed by atoms with Crippen molar-refractivity contribution in [3.05, 3.63) is 11.6 Å². The molecule has 2 heteroatoms.